The number of benzene rings is 3. The molecule has 102 valence electrons. The quantitative estimate of drug-likeness (QED) is 0.489. The fourth-order valence-electron chi connectivity index (χ4n) is 3.38. The lowest BCUT2D eigenvalue weighted by Gasteiger charge is -2.08. The molecule has 0 spiro atoms. The number of aryl methyl sites for hydroxylation is 2. The van der Waals surface area contributed by atoms with Crippen LogP contribution in [0.15, 0.2) is 72.8 Å². The molecule has 0 heterocycles. The second-order valence-electron chi connectivity index (χ2n) is 5.76. The van der Waals surface area contributed by atoms with E-state index in [0.29, 0.717) is 0 Å². The van der Waals surface area contributed by atoms with Crippen molar-refractivity contribution in [3.8, 4) is 11.1 Å². The predicted octanol–water partition coefficient (Wildman–Crippen LogP) is 5.04. The summed E-state index contributed by atoms with van der Waals surface area (Å²) >= 11 is 0. The first-order chi connectivity index (χ1) is 10.4. The maximum absolute atomic E-state index is 2.30. The molecule has 0 saturated heterocycles. The first-order valence-electron chi connectivity index (χ1n) is 7.65. The van der Waals surface area contributed by atoms with E-state index >= 15 is 0 Å². The monoisotopic (exact) mass is 270 g/mol. The van der Waals surface area contributed by atoms with Gasteiger partial charge in [0.15, 0.2) is 0 Å². The molecule has 21 heavy (non-hydrogen) atoms. The van der Waals surface area contributed by atoms with Crippen molar-refractivity contribution in [1.29, 1.82) is 0 Å². The predicted molar refractivity (Wildman–Crippen MR) is 88.5 cm³/mol. The third kappa shape index (κ3) is 2.27. The van der Waals surface area contributed by atoms with Gasteiger partial charge in [-0.1, -0.05) is 72.8 Å². The summed E-state index contributed by atoms with van der Waals surface area (Å²) < 4.78 is 0. The fourth-order valence-corrected chi connectivity index (χ4v) is 3.38. The van der Waals surface area contributed by atoms with E-state index in [9.17, 15) is 0 Å². The minimum Gasteiger partial charge on any atom is -0.0622 e. The van der Waals surface area contributed by atoms with Crippen LogP contribution < -0.4 is 0 Å². The molecular weight excluding hydrogens is 252 g/mol. The third-order valence-electron chi connectivity index (χ3n) is 4.47. The van der Waals surface area contributed by atoms with Crippen molar-refractivity contribution in [3.05, 3.63) is 95.1 Å². The molecule has 0 amide bonds. The smallest absolute Gasteiger partial charge is 0.00107 e. The Morgan fingerprint density at radius 2 is 1.38 bits per heavy atom. The molecular formula is C21H18. The highest BCUT2D eigenvalue weighted by atomic mass is 14.2. The molecule has 0 aromatic heterocycles. The van der Waals surface area contributed by atoms with Gasteiger partial charge in [0.25, 0.3) is 0 Å². The second kappa shape index (κ2) is 5.21. The van der Waals surface area contributed by atoms with Crippen molar-refractivity contribution in [2.45, 2.75) is 19.3 Å². The molecule has 4 rings (SSSR count). The highest BCUT2D eigenvalue weighted by molar-refractivity contribution is 5.77. The summed E-state index contributed by atoms with van der Waals surface area (Å²) in [6.45, 7) is 0. The Balaban J connectivity index is 1.64. The largest absolute Gasteiger partial charge is 0.0622 e. The normalized spacial score (nSPS) is 12.0. The molecule has 0 aliphatic heterocycles. The Labute approximate surface area is 126 Å². The average molecular weight is 270 g/mol. The van der Waals surface area contributed by atoms with Crippen LogP contribution in [-0.2, 0) is 19.3 Å². The Kier molecular flexibility index (Phi) is 3.08. The van der Waals surface area contributed by atoms with Gasteiger partial charge in [-0.25, -0.2) is 0 Å². The second-order valence-corrected chi connectivity index (χ2v) is 5.76. The first-order valence-corrected chi connectivity index (χ1v) is 7.65. The van der Waals surface area contributed by atoms with Gasteiger partial charge < -0.3 is 0 Å². The SMILES string of the molecule is c1ccc(CCc2cccc3c2Cc2ccccc2-3)cc1. The zero-order valence-corrected chi connectivity index (χ0v) is 12.0. The van der Waals surface area contributed by atoms with E-state index in [1.165, 1.54) is 33.4 Å². The van der Waals surface area contributed by atoms with Crippen LogP contribution in [0.1, 0.15) is 22.3 Å². The number of hydrogen-bond donors (Lipinski definition) is 0. The molecule has 0 heteroatoms. The Morgan fingerprint density at radius 3 is 2.29 bits per heavy atom. The lowest BCUT2D eigenvalue weighted by molar-refractivity contribution is 0.943. The lowest BCUT2D eigenvalue weighted by Crippen LogP contribution is -1.96. The number of fused-ring (bicyclic) bond motifs is 3. The van der Waals surface area contributed by atoms with E-state index in [-0.39, 0.29) is 0 Å². The minimum absolute atomic E-state index is 1.09. The van der Waals surface area contributed by atoms with E-state index in [1.54, 1.807) is 0 Å². The summed E-state index contributed by atoms with van der Waals surface area (Å²) in [6, 6.07) is 26.4. The Bertz CT molecular complexity index is 769. The molecule has 0 nitrogen and oxygen atoms in total. The van der Waals surface area contributed by atoms with E-state index in [2.05, 4.69) is 72.8 Å². The summed E-state index contributed by atoms with van der Waals surface area (Å²) in [4.78, 5) is 0. The molecule has 0 atom stereocenters. The summed E-state index contributed by atoms with van der Waals surface area (Å²) in [5.74, 6) is 0. The van der Waals surface area contributed by atoms with Crippen LogP contribution in [-0.4, -0.2) is 0 Å². The molecule has 0 unspecified atom stereocenters. The Morgan fingerprint density at radius 1 is 0.619 bits per heavy atom. The van der Waals surface area contributed by atoms with Crippen LogP contribution in [0.5, 0.6) is 0 Å². The van der Waals surface area contributed by atoms with Crippen LogP contribution in [0.25, 0.3) is 11.1 Å². The van der Waals surface area contributed by atoms with Crippen molar-refractivity contribution in [2.24, 2.45) is 0 Å². The van der Waals surface area contributed by atoms with Gasteiger partial charge in [-0.15, -0.1) is 0 Å². The van der Waals surface area contributed by atoms with Gasteiger partial charge in [0.1, 0.15) is 0 Å². The summed E-state index contributed by atoms with van der Waals surface area (Å²) in [6.07, 6.45) is 3.34. The molecule has 1 aliphatic carbocycles. The van der Waals surface area contributed by atoms with E-state index in [0.717, 1.165) is 19.3 Å². The van der Waals surface area contributed by atoms with E-state index in [4.69, 9.17) is 0 Å². The summed E-state index contributed by atoms with van der Waals surface area (Å²) in [5.41, 5.74) is 8.80. The van der Waals surface area contributed by atoms with Gasteiger partial charge in [-0.05, 0) is 52.6 Å². The summed E-state index contributed by atoms with van der Waals surface area (Å²) in [5, 5.41) is 0. The molecule has 0 bridgehead atoms. The van der Waals surface area contributed by atoms with Gasteiger partial charge in [0, 0.05) is 0 Å². The molecule has 3 aromatic rings. The molecule has 3 aromatic carbocycles. The van der Waals surface area contributed by atoms with Crippen LogP contribution in [0.4, 0.5) is 0 Å². The van der Waals surface area contributed by atoms with Crippen LogP contribution >= 0.6 is 0 Å². The minimum atomic E-state index is 1.09. The maximum Gasteiger partial charge on any atom is -0.00107 e. The van der Waals surface area contributed by atoms with Crippen molar-refractivity contribution in [3.63, 3.8) is 0 Å². The highest BCUT2D eigenvalue weighted by Crippen LogP contribution is 2.38. The van der Waals surface area contributed by atoms with Crippen molar-refractivity contribution < 1.29 is 0 Å². The van der Waals surface area contributed by atoms with Crippen LogP contribution in [0.3, 0.4) is 0 Å². The van der Waals surface area contributed by atoms with Gasteiger partial charge >= 0.3 is 0 Å². The topological polar surface area (TPSA) is 0 Å². The lowest BCUT2D eigenvalue weighted by atomic mass is 9.96. The average Bonchev–Trinajstić information content (AvgIpc) is 2.93. The van der Waals surface area contributed by atoms with Gasteiger partial charge in [0.05, 0.1) is 0 Å². The standard InChI is InChI=1S/C21H18/c1-2-7-16(8-3-1)13-14-17-10-6-12-20-19-11-5-4-9-18(19)15-21(17)20/h1-12H,13-15H2. The van der Waals surface area contributed by atoms with Crippen LogP contribution in [0, 0.1) is 0 Å². The zero-order chi connectivity index (χ0) is 14.1. The molecule has 0 N–H and O–H groups in total. The number of rotatable bonds is 3. The van der Waals surface area contributed by atoms with Crippen LogP contribution in [0.2, 0.25) is 0 Å². The van der Waals surface area contributed by atoms with E-state index in [1.807, 2.05) is 0 Å². The molecule has 0 saturated carbocycles. The Hall–Kier alpha value is -2.34. The van der Waals surface area contributed by atoms with Gasteiger partial charge in [-0.3, -0.25) is 0 Å². The zero-order valence-electron chi connectivity index (χ0n) is 12.0. The van der Waals surface area contributed by atoms with Crippen molar-refractivity contribution in [1.82, 2.24) is 0 Å². The van der Waals surface area contributed by atoms with Crippen molar-refractivity contribution >= 4 is 0 Å². The molecule has 0 radical (unpaired) electrons. The maximum atomic E-state index is 2.30. The molecule has 0 fully saturated rings. The first kappa shape index (κ1) is 12.4. The van der Waals surface area contributed by atoms with Gasteiger partial charge in [0.2, 0.25) is 0 Å². The van der Waals surface area contributed by atoms with E-state index < -0.39 is 0 Å². The number of hydrogen-bond acceptors (Lipinski definition) is 0. The fraction of sp³-hybridized carbons (Fsp3) is 0.143. The molecule has 1 aliphatic rings. The third-order valence-corrected chi connectivity index (χ3v) is 4.47. The van der Waals surface area contributed by atoms with Crippen molar-refractivity contribution in [2.75, 3.05) is 0 Å². The summed E-state index contributed by atoms with van der Waals surface area (Å²) in [7, 11) is 0. The highest BCUT2D eigenvalue weighted by Gasteiger charge is 2.19. The van der Waals surface area contributed by atoms with Gasteiger partial charge in [-0.2, -0.15) is 0 Å².